The third-order valence-corrected chi connectivity index (χ3v) is 7.63. The molecule has 0 unspecified atom stereocenters. The lowest BCUT2D eigenvalue weighted by Crippen LogP contribution is -2.38. The van der Waals surface area contributed by atoms with E-state index in [9.17, 15) is 4.79 Å². The van der Waals surface area contributed by atoms with E-state index in [1.807, 2.05) is 115 Å². The predicted octanol–water partition coefficient (Wildman–Crippen LogP) is 7.38. The lowest BCUT2D eigenvalue weighted by molar-refractivity contribution is 0.194. The molecule has 0 fully saturated rings. The number of urea groups is 1. The lowest BCUT2D eigenvalue weighted by atomic mass is 10.0. The number of halogens is 1. The normalized spacial score (nSPS) is 14.5. The Hall–Kier alpha value is -4.29. The monoisotopic (exact) mass is 521 g/mol. The first kappa shape index (κ1) is 24.1. The molecule has 1 N–H and O–H groups in total. The van der Waals surface area contributed by atoms with Gasteiger partial charge in [0.1, 0.15) is 5.82 Å². The van der Waals surface area contributed by atoms with Gasteiger partial charge in [0.25, 0.3) is 0 Å². The maximum Gasteiger partial charge on any atom is 0.322 e. The summed E-state index contributed by atoms with van der Waals surface area (Å²) in [7, 11) is 0. The van der Waals surface area contributed by atoms with Crippen LogP contribution in [-0.2, 0) is 6.54 Å². The molecular weight excluding hydrogens is 494 g/mol. The number of hydrogen-bond donors (Lipinski definition) is 1. The van der Waals surface area contributed by atoms with Gasteiger partial charge in [0, 0.05) is 22.5 Å². The fourth-order valence-electron chi connectivity index (χ4n) is 5.22. The van der Waals surface area contributed by atoms with Crippen LogP contribution in [0.4, 0.5) is 10.5 Å². The standard InChI is InChI=1S/C31H28ClN5O/c1-20-9-7-12-27(21(20)2)33-31(38)36-19-26-22(3)34-37(25-10-5-4-6-11-25)30(26)35-18-8-13-28(35)29(36)23-14-16-24(32)17-15-23/h4-18,29H,19H2,1-3H3,(H,33,38)/t29-/m1/s1. The summed E-state index contributed by atoms with van der Waals surface area (Å²) in [4.78, 5) is 16.0. The Morgan fingerprint density at radius 3 is 2.45 bits per heavy atom. The van der Waals surface area contributed by atoms with E-state index in [2.05, 4.69) is 16.0 Å². The number of rotatable bonds is 3. The summed E-state index contributed by atoms with van der Waals surface area (Å²) >= 11 is 6.26. The predicted molar refractivity (Wildman–Crippen MR) is 151 cm³/mol. The number of benzene rings is 3. The number of carbonyl (C=O) groups is 1. The first-order valence-electron chi connectivity index (χ1n) is 12.6. The Morgan fingerprint density at radius 2 is 1.68 bits per heavy atom. The smallest absolute Gasteiger partial charge is 0.308 e. The molecule has 190 valence electrons. The molecule has 1 aliphatic heterocycles. The third kappa shape index (κ3) is 4.07. The highest BCUT2D eigenvalue weighted by molar-refractivity contribution is 6.30. The zero-order chi connectivity index (χ0) is 26.4. The van der Waals surface area contributed by atoms with Gasteiger partial charge in [0.15, 0.2) is 0 Å². The molecule has 2 amide bonds. The number of nitrogens with one attached hydrogen (secondary N) is 1. The van der Waals surface area contributed by atoms with E-state index in [1.165, 1.54) is 0 Å². The SMILES string of the molecule is Cc1cccc(NC(=O)N2Cc3c(C)nn(-c4ccccc4)c3-n3cccc3[C@H]2c2ccc(Cl)cc2)c1C. The van der Waals surface area contributed by atoms with Crippen molar-refractivity contribution in [3.8, 4) is 11.5 Å². The maximum absolute atomic E-state index is 14.1. The summed E-state index contributed by atoms with van der Waals surface area (Å²) in [5.74, 6) is 0.940. The summed E-state index contributed by atoms with van der Waals surface area (Å²) < 4.78 is 4.13. The number of aromatic nitrogens is 3. The molecule has 3 aromatic carbocycles. The first-order chi connectivity index (χ1) is 18.4. The maximum atomic E-state index is 14.1. The Kier molecular flexibility index (Phi) is 6.04. The van der Waals surface area contributed by atoms with E-state index >= 15 is 0 Å². The molecular formula is C31H28ClN5O. The molecule has 3 heterocycles. The van der Waals surface area contributed by atoms with E-state index in [1.54, 1.807) is 0 Å². The number of hydrogen-bond acceptors (Lipinski definition) is 2. The van der Waals surface area contributed by atoms with E-state index in [0.717, 1.165) is 50.8 Å². The summed E-state index contributed by atoms with van der Waals surface area (Å²) in [5, 5.41) is 8.77. The average Bonchev–Trinajstić information content (AvgIpc) is 3.48. The largest absolute Gasteiger partial charge is 0.322 e. The molecule has 7 heteroatoms. The van der Waals surface area contributed by atoms with Gasteiger partial charge in [-0.05, 0) is 79.9 Å². The quantitative estimate of drug-likeness (QED) is 0.269. The topological polar surface area (TPSA) is 55.1 Å². The average molecular weight is 522 g/mol. The molecule has 0 aliphatic carbocycles. The van der Waals surface area contributed by atoms with Crippen LogP contribution in [0.1, 0.15) is 39.7 Å². The van der Waals surface area contributed by atoms with E-state index < -0.39 is 0 Å². The third-order valence-electron chi connectivity index (χ3n) is 7.38. The van der Waals surface area contributed by atoms with Gasteiger partial charge >= 0.3 is 6.03 Å². The lowest BCUT2D eigenvalue weighted by Gasteiger charge is -2.31. The van der Waals surface area contributed by atoms with Crippen molar-refractivity contribution in [3.05, 3.63) is 130 Å². The van der Waals surface area contributed by atoms with Crippen molar-refractivity contribution in [1.82, 2.24) is 19.2 Å². The van der Waals surface area contributed by atoms with Crippen LogP contribution in [0.2, 0.25) is 5.02 Å². The molecule has 38 heavy (non-hydrogen) atoms. The van der Waals surface area contributed by atoms with Crippen LogP contribution in [0.5, 0.6) is 0 Å². The second-order valence-electron chi connectivity index (χ2n) is 9.70. The highest BCUT2D eigenvalue weighted by atomic mass is 35.5. The number of carbonyl (C=O) groups excluding carboxylic acids is 1. The van der Waals surface area contributed by atoms with Crippen LogP contribution in [0.25, 0.3) is 11.5 Å². The van der Waals surface area contributed by atoms with Gasteiger partial charge in [-0.25, -0.2) is 9.48 Å². The fraction of sp³-hybridized carbons (Fsp3) is 0.161. The molecule has 0 radical (unpaired) electrons. The highest BCUT2D eigenvalue weighted by Gasteiger charge is 2.36. The van der Waals surface area contributed by atoms with Crippen LogP contribution in [0, 0.1) is 20.8 Å². The molecule has 6 rings (SSSR count). The fourth-order valence-corrected chi connectivity index (χ4v) is 5.34. The summed E-state index contributed by atoms with van der Waals surface area (Å²) in [5.41, 5.74) is 7.78. The van der Waals surface area contributed by atoms with E-state index in [4.69, 9.17) is 16.7 Å². The molecule has 1 atom stereocenters. The van der Waals surface area contributed by atoms with Crippen LogP contribution in [0.3, 0.4) is 0 Å². The molecule has 1 aliphatic rings. The Bertz CT molecular complexity index is 1640. The van der Waals surface area contributed by atoms with Crippen molar-refractivity contribution >= 4 is 23.3 Å². The van der Waals surface area contributed by atoms with Gasteiger partial charge in [-0.1, -0.05) is 54.1 Å². The van der Waals surface area contributed by atoms with Crippen molar-refractivity contribution in [3.63, 3.8) is 0 Å². The number of amides is 2. The van der Waals surface area contributed by atoms with Gasteiger partial charge in [0.05, 0.1) is 29.7 Å². The minimum atomic E-state index is -0.344. The number of aryl methyl sites for hydroxylation is 2. The Balaban J connectivity index is 1.54. The summed E-state index contributed by atoms with van der Waals surface area (Å²) in [6.45, 7) is 6.47. The Morgan fingerprint density at radius 1 is 0.921 bits per heavy atom. The van der Waals surface area contributed by atoms with Crippen molar-refractivity contribution in [2.24, 2.45) is 0 Å². The zero-order valence-electron chi connectivity index (χ0n) is 21.5. The van der Waals surface area contributed by atoms with Crippen molar-refractivity contribution in [2.75, 3.05) is 5.32 Å². The molecule has 0 saturated heterocycles. The molecule has 0 spiro atoms. The second-order valence-corrected chi connectivity index (χ2v) is 10.1. The minimum absolute atomic E-state index is 0.175. The van der Waals surface area contributed by atoms with Gasteiger partial charge < -0.3 is 14.8 Å². The van der Waals surface area contributed by atoms with E-state index in [0.29, 0.717) is 11.6 Å². The Labute approximate surface area is 227 Å². The first-order valence-corrected chi connectivity index (χ1v) is 13.0. The second kappa shape index (κ2) is 9.54. The van der Waals surface area contributed by atoms with Gasteiger partial charge in [-0.3, -0.25) is 0 Å². The number of fused-ring (bicyclic) bond motifs is 3. The zero-order valence-corrected chi connectivity index (χ0v) is 22.3. The van der Waals surface area contributed by atoms with Crippen LogP contribution < -0.4 is 5.32 Å². The number of para-hydroxylation sites is 1. The summed E-state index contributed by atoms with van der Waals surface area (Å²) in [6, 6.07) is 27.4. The molecule has 6 nitrogen and oxygen atoms in total. The van der Waals surface area contributed by atoms with E-state index in [-0.39, 0.29) is 12.1 Å². The van der Waals surface area contributed by atoms with Gasteiger partial charge in [-0.15, -0.1) is 0 Å². The molecule has 0 saturated carbocycles. The highest BCUT2D eigenvalue weighted by Crippen LogP contribution is 2.39. The molecule has 0 bridgehead atoms. The van der Waals surface area contributed by atoms with Gasteiger partial charge in [-0.2, -0.15) is 5.10 Å². The van der Waals surface area contributed by atoms with Gasteiger partial charge in [0.2, 0.25) is 0 Å². The number of anilines is 1. The van der Waals surface area contributed by atoms with Crippen molar-refractivity contribution in [2.45, 2.75) is 33.4 Å². The summed E-state index contributed by atoms with van der Waals surface area (Å²) in [6.07, 6.45) is 2.05. The van der Waals surface area contributed by atoms with Crippen molar-refractivity contribution in [1.29, 1.82) is 0 Å². The molecule has 5 aromatic rings. The van der Waals surface area contributed by atoms with Crippen LogP contribution in [0.15, 0.2) is 91.1 Å². The number of nitrogens with zero attached hydrogens (tertiary/aromatic N) is 4. The molecule has 2 aromatic heterocycles. The van der Waals surface area contributed by atoms with Crippen LogP contribution >= 0.6 is 11.6 Å². The van der Waals surface area contributed by atoms with Crippen LogP contribution in [-0.4, -0.2) is 25.3 Å². The minimum Gasteiger partial charge on any atom is -0.308 e. The van der Waals surface area contributed by atoms with Crippen molar-refractivity contribution < 1.29 is 4.79 Å².